The quantitative estimate of drug-likeness (QED) is 0.914. The fourth-order valence-corrected chi connectivity index (χ4v) is 2.92. The van der Waals surface area contributed by atoms with Crippen LogP contribution in [0, 0.1) is 0 Å². The van der Waals surface area contributed by atoms with E-state index in [2.05, 4.69) is 4.98 Å². The van der Waals surface area contributed by atoms with E-state index in [4.69, 9.17) is 0 Å². The van der Waals surface area contributed by atoms with E-state index in [9.17, 15) is 9.90 Å². The van der Waals surface area contributed by atoms with Crippen LogP contribution in [0.25, 0.3) is 11.0 Å². The number of hydrogen-bond acceptors (Lipinski definition) is 3. The number of aliphatic hydroxyl groups excluding tert-OH is 1. The van der Waals surface area contributed by atoms with E-state index in [1.165, 1.54) is 6.42 Å². The Morgan fingerprint density at radius 1 is 1.48 bits per heavy atom. The Morgan fingerprint density at radius 3 is 2.90 bits per heavy atom. The molecular weight excluding hydrogens is 266 g/mol. The Hall–Kier alpha value is -1.88. The van der Waals surface area contributed by atoms with Crippen LogP contribution >= 0.6 is 0 Å². The van der Waals surface area contributed by atoms with E-state index >= 15 is 0 Å². The molecule has 5 nitrogen and oxygen atoms in total. The lowest BCUT2D eigenvalue weighted by Crippen LogP contribution is -2.48. The van der Waals surface area contributed by atoms with Crippen molar-refractivity contribution in [2.24, 2.45) is 0 Å². The highest BCUT2D eigenvalue weighted by molar-refractivity contribution is 5.84. The number of aliphatic hydroxyl groups is 1. The molecule has 1 fully saturated rings. The van der Waals surface area contributed by atoms with Gasteiger partial charge in [0.2, 0.25) is 5.91 Å². The van der Waals surface area contributed by atoms with E-state index in [-0.39, 0.29) is 18.6 Å². The van der Waals surface area contributed by atoms with Crippen LogP contribution in [0.3, 0.4) is 0 Å². The fourth-order valence-electron chi connectivity index (χ4n) is 2.92. The zero-order valence-electron chi connectivity index (χ0n) is 12.3. The molecule has 2 aromatic rings. The zero-order valence-corrected chi connectivity index (χ0v) is 12.3. The molecule has 1 N–H and O–H groups in total. The van der Waals surface area contributed by atoms with Gasteiger partial charge >= 0.3 is 0 Å². The second kappa shape index (κ2) is 5.85. The Labute approximate surface area is 124 Å². The average Bonchev–Trinajstić information content (AvgIpc) is 2.87. The summed E-state index contributed by atoms with van der Waals surface area (Å²) in [5.41, 5.74) is 1.87. The Morgan fingerprint density at radius 2 is 2.24 bits per heavy atom. The average molecular weight is 287 g/mol. The molecule has 1 unspecified atom stereocenters. The Kier molecular flexibility index (Phi) is 3.92. The number of imidazole rings is 1. The molecule has 1 atom stereocenters. The van der Waals surface area contributed by atoms with Crippen LogP contribution in [0.2, 0.25) is 0 Å². The summed E-state index contributed by atoms with van der Waals surface area (Å²) in [6, 6.07) is 7.81. The molecule has 1 amide bonds. The predicted molar refractivity (Wildman–Crippen MR) is 80.9 cm³/mol. The number of amides is 1. The van der Waals surface area contributed by atoms with Gasteiger partial charge in [0, 0.05) is 12.6 Å². The van der Waals surface area contributed by atoms with Crippen molar-refractivity contribution in [2.75, 3.05) is 13.2 Å². The van der Waals surface area contributed by atoms with Gasteiger partial charge < -0.3 is 14.6 Å². The van der Waals surface area contributed by atoms with Gasteiger partial charge in [-0.25, -0.2) is 4.98 Å². The topological polar surface area (TPSA) is 58.4 Å². The van der Waals surface area contributed by atoms with Crippen LogP contribution in [-0.2, 0) is 4.79 Å². The van der Waals surface area contributed by atoms with Crippen molar-refractivity contribution in [1.29, 1.82) is 0 Å². The van der Waals surface area contributed by atoms with Gasteiger partial charge in [0.25, 0.3) is 0 Å². The van der Waals surface area contributed by atoms with Crippen molar-refractivity contribution >= 4 is 16.9 Å². The number of carbonyl (C=O) groups excluding carboxylic acids is 1. The number of carbonyl (C=O) groups is 1. The first-order chi connectivity index (χ1) is 10.2. The summed E-state index contributed by atoms with van der Waals surface area (Å²) in [4.78, 5) is 19.0. The molecule has 0 bridgehead atoms. The smallest absolute Gasteiger partial charge is 0.245 e. The molecule has 21 heavy (non-hydrogen) atoms. The first-order valence-corrected chi connectivity index (χ1v) is 7.55. The lowest BCUT2D eigenvalue weighted by atomic mass is 9.91. The van der Waals surface area contributed by atoms with Crippen LogP contribution in [0.1, 0.15) is 32.2 Å². The molecule has 1 heterocycles. The highest BCUT2D eigenvalue weighted by atomic mass is 16.3. The summed E-state index contributed by atoms with van der Waals surface area (Å²) in [6.45, 7) is 2.33. The van der Waals surface area contributed by atoms with Gasteiger partial charge in [0.15, 0.2) is 0 Å². The van der Waals surface area contributed by atoms with Crippen LogP contribution in [0.5, 0.6) is 0 Å². The third-order valence-electron chi connectivity index (χ3n) is 4.40. The molecule has 0 saturated heterocycles. The molecule has 5 heteroatoms. The molecule has 0 aliphatic heterocycles. The van der Waals surface area contributed by atoms with E-state index < -0.39 is 0 Å². The van der Waals surface area contributed by atoms with Crippen LogP contribution in [-0.4, -0.2) is 44.7 Å². The molecule has 1 saturated carbocycles. The first-order valence-electron chi connectivity index (χ1n) is 7.55. The number of fused-ring (bicyclic) bond motifs is 1. The summed E-state index contributed by atoms with van der Waals surface area (Å²) in [5, 5.41) is 9.23. The maximum absolute atomic E-state index is 12.8. The summed E-state index contributed by atoms with van der Waals surface area (Å²) < 4.78 is 1.92. The van der Waals surface area contributed by atoms with Crippen molar-refractivity contribution < 1.29 is 9.90 Å². The van der Waals surface area contributed by atoms with Crippen LogP contribution in [0.15, 0.2) is 30.6 Å². The van der Waals surface area contributed by atoms with Gasteiger partial charge in [-0.15, -0.1) is 0 Å². The highest BCUT2D eigenvalue weighted by Crippen LogP contribution is 2.27. The van der Waals surface area contributed by atoms with Crippen molar-refractivity contribution in [3.8, 4) is 0 Å². The van der Waals surface area contributed by atoms with Crippen molar-refractivity contribution in [2.45, 2.75) is 38.3 Å². The maximum atomic E-state index is 12.8. The standard InChI is InChI=1S/C16H21N3O2/c1-12(16(21)18(9-10-20)13-5-4-6-13)19-11-17-14-7-2-3-8-15(14)19/h2-3,7-8,11-13,20H,4-6,9-10H2,1H3. The van der Waals surface area contributed by atoms with Gasteiger partial charge in [0.05, 0.1) is 24.0 Å². The minimum absolute atomic E-state index is 0.0135. The zero-order chi connectivity index (χ0) is 14.8. The third kappa shape index (κ3) is 2.53. The largest absolute Gasteiger partial charge is 0.395 e. The number of para-hydroxylation sites is 2. The van der Waals surface area contributed by atoms with Crippen molar-refractivity contribution in [3.05, 3.63) is 30.6 Å². The minimum Gasteiger partial charge on any atom is -0.395 e. The van der Waals surface area contributed by atoms with Crippen LogP contribution < -0.4 is 0 Å². The molecule has 0 spiro atoms. The number of hydrogen-bond donors (Lipinski definition) is 1. The summed E-state index contributed by atoms with van der Waals surface area (Å²) in [7, 11) is 0. The van der Waals surface area contributed by atoms with Gasteiger partial charge in [-0.2, -0.15) is 0 Å². The van der Waals surface area contributed by atoms with Gasteiger partial charge in [-0.3, -0.25) is 4.79 Å². The second-order valence-corrected chi connectivity index (χ2v) is 5.66. The van der Waals surface area contributed by atoms with Crippen LogP contribution in [0.4, 0.5) is 0 Å². The number of benzene rings is 1. The Bertz CT molecular complexity index is 633. The molecule has 1 aliphatic rings. The molecule has 112 valence electrons. The predicted octanol–water partition coefficient (Wildman–Crippen LogP) is 1.97. The number of nitrogens with zero attached hydrogens (tertiary/aromatic N) is 3. The van der Waals surface area contributed by atoms with E-state index in [0.717, 1.165) is 23.9 Å². The van der Waals surface area contributed by atoms with Gasteiger partial charge in [-0.05, 0) is 38.3 Å². The molecule has 1 aliphatic carbocycles. The molecular formula is C16H21N3O2. The van der Waals surface area contributed by atoms with Gasteiger partial charge in [-0.1, -0.05) is 12.1 Å². The third-order valence-corrected chi connectivity index (χ3v) is 4.40. The molecule has 1 aromatic heterocycles. The molecule has 0 radical (unpaired) electrons. The number of rotatable bonds is 5. The normalized spacial score (nSPS) is 16.7. The lowest BCUT2D eigenvalue weighted by Gasteiger charge is -2.38. The van der Waals surface area contributed by atoms with E-state index in [1.807, 2.05) is 40.7 Å². The number of aromatic nitrogens is 2. The SMILES string of the molecule is CC(C(=O)N(CCO)C1CCC1)n1cnc2ccccc21. The monoisotopic (exact) mass is 287 g/mol. The summed E-state index contributed by atoms with van der Waals surface area (Å²) >= 11 is 0. The second-order valence-electron chi connectivity index (χ2n) is 5.66. The lowest BCUT2D eigenvalue weighted by molar-refractivity contribution is -0.139. The molecule has 1 aromatic carbocycles. The van der Waals surface area contributed by atoms with E-state index in [1.54, 1.807) is 6.33 Å². The summed E-state index contributed by atoms with van der Waals surface area (Å²) in [6.07, 6.45) is 4.99. The summed E-state index contributed by atoms with van der Waals surface area (Å²) in [5.74, 6) is 0.0666. The van der Waals surface area contributed by atoms with E-state index in [0.29, 0.717) is 12.6 Å². The Balaban J connectivity index is 1.85. The first kappa shape index (κ1) is 14.1. The molecule has 3 rings (SSSR count). The minimum atomic E-state index is -0.301. The van der Waals surface area contributed by atoms with Crippen molar-refractivity contribution in [1.82, 2.24) is 14.5 Å². The highest BCUT2D eigenvalue weighted by Gasteiger charge is 2.31. The fraction of sp³-hybridized carbons (Fsp3) is 0.500. The van der Waals surface area contributed by atoms with Crippen molar-refractivity contribution in [3.63, 3.8) is 0 Å². The van der Waals surface area contributed by atoms with Gasteiger partial charge in [0.1, 0.15) is 6.04 Å². The maximum Gasteiger partial charge on any atom is 0.245 e.